The van der Waals surface area contributed by atoms with Crippen LogP contribution in [0.1, 0.15) is 18.5 Å². The summed E-state index contributed by atoms with van der Waals surface area (Å²) >= 11 is 1.39. The number of nitrogens with two attached hydrogens (primary N) is 1. The first-order chi connectivity index (χ1) is 12.8. The van der Waals surface area contributed by atoms with E-state index in [-0.39, 0.29) is 16.9 Å². The van der Waals surface area contributed by atoms with Crippen LogP contribution in [0.2, 0.25) is 0 Å². The molecule has 0 spiro atoms. The fourth-order valence-corrected chi connectivity index (χ4v) is 4.37. The zero-order chi connectivity index (χ0) is 19.7. The Labute approximate surface area is 165 Å². The predicted molar refractivity (Wildman–Crippen MR) is 103 cm³/mol. The third-order valence-electron chi connectivity index (χ3n) is 4.40. The molecule has 0 radical (unpaired) electrons. The highest BCUT2D eigenvalue weighted by atomic mass is 32.2. The molecule has 9 nitrogen and oxygen atoms in total. The average Bonchev–Trinajstić information content (AvgIpc) is 2.65. The Morgan fingerprint density at radius 1 is 1.36 bits per heavy atom. The summed E-state index contributed by atoms with van der Waals surface area (Å²) in [5.74, 6) is -1.71. The highest BCUT2D eigenvalue weighted by Gasteiger charge is 2.54. The van der Waals surface area contributed by atoms with Crippen LogP contribution in [0.4, 0.5) is 0 Å². The van der Waals surface area contributed by atoms with Crippen molar-refractivity contribution in [3.8, 4) is 5.75 Å². The summed E-state index contributed by atoms with van der Waals surface area (Å²) in [5.41, 5.74) is 6.93. The molecule has 2 heterocycles. The van der Waals surface area contributed by atoms with Gasteiger partial charge in [-0.1, -0.05) is 24.3 Å². The van der Waals surface area contributed by atoms with Crippen molar-refractivity contribution in [1.29, 1.82) is 0 Å². The second-order valence-electron chi connectivity index (χ2n) is 6.14. The van der Waals surface area contributed by atoms with E-state index in [1.54, 1.807) is 19.1 Å². The molecule has 1 aromatic rings. The van der Waals surface area contributed by atoms with Gasteiger partial charge in [0.05, 0.1) is 0 Å². The van der Waals surface area contributed by atoms with Gasteiger partial charge in [-0.25, -0.2) is 4.79 Å². The van der Waals surface area contributed by atoms with Crippen molar-refractivity contribution in [2.75, 3.05) is 5.75 Å². The molecule has 1 fully saturated rings. The largest absolute Gasteiger partial charge is 0.508 e. The molecule has 2 unspecified atom stereocenters. The lowest BCUT2D eigenvalue weighted by molar-refractivity contribution is -0.150. The molecular weight excluding hydrogens is 386 g/mol. The van der Waals surface area contributed by atoms with Gasteiger partial charge in [0, 0.05) is 5.75 Å². The van der Waals surface area contributed by atoms with Gasteiger partial charge in [-0.05, 0) is 30.2 Å². The number of phenolic OH excluding ortho intramolecular Hbond substituents is 1. The predicted octanol–water partition coefficient (Wildman–Crippen LogP) is -0.118. The quantitative estimate of drug-likeness (QED) is 0.494. The minimum Gasteiger partial charge on any atom is -0.508 e. The minimum absolute atomic E-state index is 0. The van der Waals surface area contributed by atoms with E-state index in [1.807, 2.05) is 0 Å². The number of allylic oxidation sites excluding steroid dienone is 2. The molecule has 10 heteroatoms. The second-order valence-corrected chi connectivity index (χ2v) is 7.25. The molecular formula is C18H21N3O6S. The third kappa shape index (κ3) is 3.75. The molecule has 150 valence electrons. The zero-order valence-corrected chi connectivity index (χ0v) is 15.8. The van der Waals surface area contributed by atoms with Gasteiger partial charge in [0.2, 0.25) is 5.91 Å². The summed E-state index contributed by atoms with van der Waals surface area (Å²) in [6, 6.07) is 4.06. The lowest BCUT2D eigenvalue weighted by Gasteiger charge is -2.49. The summed E-state index contributed by atoms with van der Waals surface area (Å²) in [6.07, 6.45) is 3.39. The van der Waals surface area contributed by atoms with Crippen molar-refractivity contribution in [1.82, 2.24) is 10.2 Å². The van der Waals surface area contributed by atoms with Crippen LogP contribution >= 0.6 is 11.8 Å². The molecule has 3 atom stereocenters. The third-order valence-corrected chi connectivity index (χ3v) is 5.70. The smallest absolute Gasteiger partial charge is 0.352 e. The highest BCUT2D eigenvalue weighted by molar-refractivity contribution is 8.00. The number of amides is 2. The number of thioether (sulfide) groups is 1. The van der Waals surface area contributed by atoms with E-state index in [0.717, 1.165) is 0 Å². The van der Waals surface area contributed by atoms with Crippen LogP contribution in [-0.4, -0.2) is 55.5 Å². The fourth-order valence-electron chi connectivity index (χ4n) is 3.05. The number of benzene rings is 1. The van der Waals surface area contributed by atoms with Gasteiger partial charge in [0.25, 0.3) is 5.91 Å². The van der Waals surface area contributed by atoms with E-state index in [1.165, 1.54) is 40.9 Å². The second kappa shape index (κ2) is 8.46. The Hall–Kier alpha value is -2.82. The molecule has 0 aliphatic carbocycles. The van der Waals surface area contributed by atoms with Crippen LogP contribution in [0.5, 0.6) is 5.75 Å². The topological polar surface area (TPSA) is 164 Å². The molecule has 0 aromatic heterocycles. The lowest BCUT2D eigenvalue weighted by Crippen LogP contribution is -2.71. The molecule has 0 bridgehead atoms. The number of aliphatic carboxylic acids is 1. The SMILES string of the molecule is CC=CC1=C(C(=O)O)N2C(=O)C(NC(=O)C(N)c3ccc(O)cc3)[C@@H]2SC1.O. The van der Waals surface area contributed by atoms with Crippen molar-refractivity contribution in [2.24, 2.45) is 5.73 Å². The average molecular weight is 407 g/mol. The summed E-state index contributed by atoms with van der Waals surface area (Å²) < 4.78 is 0. The molecule has 2 aliphatic heterocycles. The monoisotopic (exact) mass is 407 g/mol. The van der Waals surface area contributed by atoms with Crippen LogP contribution in [0.25, 0.3) is 0 Å². The van der Waals surface area contributed by atoms with E-state index < -0.39 is 35.2 Å². The Morgan fingerprint density at radius 2 is 2.00 bits per heavy atom. The van der Waals surface area contributed by atoms with Gasteiger partial charge >= 0.3 is 5.97 Å². The number of carboxylic acid groups (broad SMARTS) is 1. The van der Waals surface area contributed by atoms with Crippen molar-refractivity contribution in [3.05, 3.63) is 53.3 Å². The lowest BCUT2D eigenvalue weighted by atomic mass is 10.0. The number of hydrogen-bond donors (Lipinski definition) is 4. The Kier molecular flexibility index (Phi) is 6.49. The number of nitrogens with zero attached hydrogens (tertiary/aromatic N) is 1. The summed E-state index contributed by atoms with van der Waals surface area (Å²) in [6.45, 7) is 1.77. The first-order valence-electron chi connectivity index (χ1n) is 8.24. The molecule has 7 N–H and O–H groups in total. The highest BCUT2D eigenvalue weighted by Crippen LogP contribution is 2.40. The number of carbonyl (C=O) groups is 3. The molecule has 2 aliphatic rings. The van der Waals surface area contributed by atoms with Crippen molar-refractivity contribution >= 4 is 29.5 Å². The number of rotatable bonds is 5. The van der Waals surface area contributed by atoms with Crippen molar-refractivity contribution < 1.29 is 30.1 Å². The van der Waals surface area contributed by atoms with Gasteiger partial charge in [-0.15, -0.1) is 11.8 Å². The first kappa shape index (κ1) is 21.5. The number of fused-ring (bicyclic) bond motifs is 1. The maximum atomic E-state index is 12.5. The van der Waals surface area contributed by atoms with Gasteiger partial charge in [0.15, 0.2) is 0 Å². The molecule has 0 saturated carbocycles. The van der Waals surface area contributed by atoms with Crippen molar-refractivity contribution in [3.63, 3.8) is 0 Å². The van der Waals surface area contributed by atoms with Gasteiger partial charge in [-0.2, -0.15) is 0 Å². The van der Waals surface area contributed by atoms with E-state index in [2.05, 4.69) is 5.32 Å². The standard InChI is InChI=1S/C18H19N3O5S.H2O/c1-2-3-10-8-27-17-13(16(24)21(17)14(10)18(25)26)20-15(23)12(19)9-4-6-11(22)7-5-9;/h2-7,12-13,17,22H,8,19H2,1H3,(H,20,23)(H,25,26);1H2/t12?,13?,17-;/m0./s1. The van der Waals surface area contributed by atoms with Crippen LogP contribution in [-0.2, 0) is 14.4 Å². The minimum atomic E-state index is -1.17. The number of β-lactam (4-membered cyclic amide) rings is 1. The fraction of sp³-hybridized carbons (Fsp3) is 0.278. The molecule has 2 amide bonds. The van der Waals surface area contributed by atoms with Gasteiger partial charge in [-0.3, -0.25) is 14.5 Å². The molecule has 1 aromatic carbocycles. The number of hydrogen-bond acceptors (Lipinski definition) is 6. The maximum absolute atomic E-state index is 12.5. The Morgan fingerprint density at radius 3 is 2.57 bits per heavy atom. The van der Waals surface area contributed by atoms with E-state index >= 15 is 0 Å². The number of phenols is 1. The molecule has 1 saturated heterocycles. The summed E-state index contributed by atoms with van der Waals surface area (Å²) in [7, 11) is 0. The molecule has 3 rings (SSSR count). The summed E-state index contributed by atoms with van der Waals surface area (Å²) in [5, 5.41) is 20.9. The summed E-state index contributed by atoms with van der Waals surface area (Å²) in [4.78, 5) is 37.7. The van der Waals surface area contributed by atoms with Crippen LogP contribution in [0.3, 0.4) is 0 Å². The number of aromatic hydroxyl groups is 1. The van der Waals surface area contributed by atoms with Crippen LogP contribution < -0.4 is 11.1 Å². The zero-order valence-electron chi connectivity index (χ0n) is 15.0. The van der Waals surface area contributed by atoms with E-state index in [9.17, 15) is 24.6 Å². The molecule has 28 heavy (non-hydrogen) atoms. The van der Waals surface area contributed by atoms with Crippen LogP contribution in [0.15, 0.2) is 47.7 Å². The Bertz CT molecular complexity index is 851. The van der Waals surface area contributed by atoms with E-state index in [4.69, 9.17) is 5.73 Å². The van der Waals surface area contributed by atoms with E-state index in [0.29, 0.717) is 16.9 Å². The number of carbonyl (C=O) groups excluding carboxylic acids is 2. The van der Waals surface area contributed by atoms with Crippen molar-refractivity contribution in [2.45, 2.75) is 24.4 Å². The van der Waals surface area contributed by atoms with Gasteiger partial charge < -0.3 is 26.7 Å². The van der Waals surface area contributed by atoms with Crippen LogP contribution in [0, 0.1) is 0 Å². The normalized spacial score (nSPS) is 22.2. The number of nitrogens with one attached hydrogen (secondary N) is 1. The first-order valence-corrected chi connectivity index (χ1v) is 9.28. The maximum Gasteiger partial charge on any atom is 0.352 e. The number of carboxylic acids is 1. The van der Waals surface area contributed by atoms with Gasteiger partial charge in [0.1, 0.15) is 28.9 Å². The Balaban J connectivity index is 0.00000280.